The van der Waals surface area contributed by atoms with E-state index in [1.165, 1.54) is 36.8 Å². The molecule has 1 aliphatic heterocycles. The van der Waals surface area contributed by atoms with Crippen LogP contribution in [-0.2, 0) is 4.74 Å². The molecule has 0 saturated carbocycles. The lowest BCUT2D eigenvalue weighted by Gasteiger charge is -2.26. The molecule has 0 unspecified atom stereocenters. The number of nitrogens with zero attached hydrogens (tertiary/aromatic N) is 4. The number of nitrogens with one attached hydrogen (secondary N) is 1. The lowest BCUT2D eigenvalue weighted by Crippen LogP contribution is -2.30. The van der Waals surface area contributed by atoms with Gasteiger partial charge in [0.25, 0.3) is 0 Å². The molecule has 1 N–H and O–H groups in total. The third-order valence-corrected chi connectivity index (χ3v) is 4.35. The number of carbonyl (C=O) groups is 1. The molecule has 0 radical (unpaired) electrons. The fraction of sp³-hybridized carbons (Fsp3) is 0.529. The number of amides is 1. The van der Waals surface area contributed by atoms with Gasteiger partial charge in [-0.1, -0.05) is 11.3 Å². The molecule has 26 heavy (non-hydrogen) atoms. The van der Waals surface area contributed by atoms with E-state index >= 15 is 0 Å². The third kappa shape index (κ3) is 5.29. The van der Waals surface area contributed by atoms with E-state index in [1.807, 2.05) is 0 Å². The lowest BCUT2D eigenvalue weighted by molar-refractivity contribution is 0.0636. The Morgan fingerprint density at radius 3 is 2.46 bits per heavy atom. The lowest BCUT2D eigenvalue weighted by atomic mass is 10.1. The van der Waals surface area contributed by atoms with Crippen molar-refractivity contribution in [2.75, 3.05) is 23.3 Å². The molecule has 0 aromatic carbocycles. The molecule has 1 saturated heterocycles. The van der Waals surface area contributed by atoms with Crippen molar-refractivity contribution >= 4 is 28.5 Å². The van der Waals surface area contributed by atoms with Crippen LogP contribution >= 0.6 is 11.3 Å². The summed E-state index contributed by atoms with van der Waals surface area (Å²) in [7, 11) is 0. The Balaban J connectivity index is 1.56. The zero-order chi connectivity index (χ0) is 18.6. The minimum absolute atomic E-state index is 0.403. The molecule has 2 aromatic heterocycles. The van der Waals surface area contributed by atoms with E-state index in [-0.39, 0.29) is 0 Å². The van der Waals surface area contributed by atoms with Crippen molar-refractivity contribution in [1.82, 2.24) is 15.0 Å². The summed E-state index contributed by atoms with van der Waals surface area (Å²) < 4.78 is 10.9. The highest BCUT2D eigenvalue weighted by molar-refractivity contribution is 7.17. The summed E-state index contributed by atoms with van der Waals surface area (Å²) in [4.78, 5) is 26.8. The van der Waals surface area contributed by atoms with Gasteiger partial charge in [-0.2, -0.15) is 0 Å². The molecular weight excluding hydrogens is 354 g/mol. The second-order valence-electron chi connectivity index (χ2n) is 6.98. The fourth-order valence-corrected chi connectivity index (χ4v) is 3.16. The number of thiazole rings is 1. The summed E-state index contributed by atoms with van der Waals surface area (Å²) in [5, 5.41) is 3.52. The van der Waals surface area contributed by atoms with Gasteiger partial charge in [-0.15, -0.1) is 0 Å². The smallest absolute Gasteiger partial charge is 0.413 e. The number of aromatic nitrogens is 3. The topological polar surface area (TPSA) is 89.5 Å². The van der Waals surface area contributed by atoms with Gasteiger partial charge in [0.1, 0.15) is 5.60 Å². The number of rotatable bonds is 4. The highest BCUT2D eigenvalue weighted by atomic mass is 32.1. The Morgan fingerprint density at radius 1 is 1.12 bits per heavy atom. The number of ether oxygens (including phenoxy) is 2. The van der Waals surface area contributed by atoms with Crippen LogP contribution < -0.4 is 15.0 Å². The standard InChI is InChI=1S/C17H23N5O3S/c1-17(2,3)25-16(23)21-15-20-11-13(26-15)24-12-9-18-14(19-10-12)22-7-5-4-6-8-22/h9-11H,4-8H2,1-3H3,(H,20,21,23). The summed E-state index contributed by atoms with van der Waals surface area (Å²) in [6.45, 7) is 7.40. The van der Waals surface area contributed by atoms with Crippen LogP contribution in [0.15, 0.2) is 18.6 Å². The van der Waals surface area contributed by atoms with Gasteiger partial charge in [-0.25, -0.2) is 19.7 Å². The molecule has 0 spiro atoms. The van der Waals surface area contributed by atoms with E-state index < -0.39 is 11.7 Å². The average Bonchev–Trinajstić information content (AvgIpc) is 3.01. The van der Waals surface area contributed by atoms with Crippen LogP contribution in [0.5, 0.6) is 10.8 Å². The number of carbonyl (C=O) groups excluding carboxylic acids is 1. The first-order chi connectivity index (χ1) is 12.4. The van der Waals surface area contributed by atoms with Crippen LogP contribution in [0.25, 0.3) is 0 Å². The highest BCUT2D eigenvalue weighted by Crippen LogP contribution is 2.30. The minimum atomic E-state index is -0.561. The SMILES string of the molecule is CC(C)(C)OC(=O)Nc1ncc(Oc2cnc(N3CCCCC3)nc2)s1. The molecule has 1 amide bonds. The molecule has 9 heteroatoms. The average molecular weight is 377 g/mol. The summed E-state index contributed by atoms with van der Waals surface area (Å²) >= 11 is 1.20. The maximum absolute atomic E-state index is 11.8. The van der Waals surface area contributed by atoms with Gasteiger partial charge in [-0.3, -0.25) is 5.32 Å². The number of anilines is 2. The van der Waals surface area contributed by atoms with Gasteiger partial charge in [0.2, 0.25) is 11.0 Å². The van der Waals surface area contributed by atoms with Crippen molar-refractivity contribution in [3.63, 3.8) is 0 Å². The van der Waals surface area contributed by atoms with Gasteiger partial charge in [0.05, 0.1) is 18.6 Å². The predicted molar refractivity (Wildman–Crippen MR) is 100 cm³/mol. The van der Waals surface area contributed by atoms with E-state index in [9.17, 15) is 4.79 Å². The predicted octanol–water partition coefficient (Wildman–Crippen LogP) is 4.06. The van der Waals surface area contributed by atoms with Crippen LogP contribution in [0.2, 0.25) is 0 Å². The molecular formula is C17H23N5O3S. The van der Waals surface area contributed by atoms with Crippen molar-refractivity contribution in [2.45, 2.75) is 45.6 Å². The Morgan fingerprint density at radius 2 is 1.81 bits per heavy atom. The van der Waals surface area contributed by atoms with E-state index in [4.69, 9.17) is 9.47 Å². The van der Waals surface area contributed by atoms with Crippen molar-refractivity contribution in [3.8, 4) is 10.8 Å². The maximum atomic E-state index is 11.8. The third-order valence-electron chi connectivity index (χ3n) is 3.56. The molecule has 1 fully saturated rings. The number of hydrogen-bond acceptors (Lipinski definition) is 8. The van der Waals surface area contributed by atoms with Gasteiger partial charge in [0.15, 0.2) is 10.9 Å². The first kappa shape index (κ1) is 18.4. The molecule has 3 rings (SSSR count). The largest absolute Gasteiger partial charge is 0.444 e. The van der Waals surface area contributed by atoms with Crippen LogP contribution in [0.4, 0.5) is 15.9 Å². The van der Waals surface area contributed by atoms with E-state index in [0.717, 1.165) is 19.0 Å². The van der Waals surface area contributed by atoms with Gasteiger partial charge >= 0.3 is 6.09 Å². The monoisotopic (exact) mass is 377 g/mol. The molecule has 1 aliphatic rings. The Kier molecular flexibility index (Phi) is 5.55. The molecule has 0 atom stereocenters. The van der Waals surface area contributed by atoms with E-state index in [0.29, 0.717) is 15.9 Å². The normalized spacial score (nSPS) is 14.8. The molecule has 8 nitrogen and oxygen atoms in total. The Bertz CT molecular complexity index is 736. The first-order valence-corrected chi connectivity index (χ1v) is 9.41. The molecule has 0 bridgehead atoms. The van der Waals surface area contributed by atoms with Gasteiger partial charge < -0.3 is 14.4 Å². The maximum Gasteiger partial charge on any atom is 0.413 e. The second-order valence-corrected chi connectivity index (χ2v) is 7.97. The number of piperidine rings is 1. The van der Waals surface area contributed by atoms with Crippen LogP contribution in [0.3, 0.4) is 0 Å². The van der Waals surface area contributed by atoms with Crippen LogP contribution in [0, 0.1) is 0 Å². The van der Waals surface area contributed by atoms with Crippen molar-refractivity contribution in [1.29, 1.82) is 0 Å². The summed E-state index contributed by atoms with van der Waals surface area (Å²) in [6.07, 6.45) is 7.91. The van der Waals surface area contributed by atoms with Crippen molar-refractivity contribution in [3.05, 3.63) is 18.6 Å². The van der Waals surface area contributed by atoms with Crippen LogP contribution in [0.1, 0.15) is 40.0 Å². The second kappa shape index (κ2) is 7.86. The highest BCUT2D eigenvalue weighted by Gasteiger charge is 2.18. The molecule has 140 valence electrons. The van der Waals surface area contributed by atoms with Crippen LogP contribution in [-0.4, -0.2) is 39.7 Å². The Labute approximate surface area is 156 Å². The van der Waals surface area contributed by atoms with E-state index in [1.54, 1.807) is 33.2 Å². The number of hydrogen-bond donors (Lipinski definition) is 1. The molecule has 2 aromatic rings. The zero-order valence-electron chi connectivity index (χ0n) is 15.2. The zero-order valence-corrected chi connectivity index (χ0v) is 16.0. The minimum Gasteiger partial charge on any atom is -0.444 e. The fourth-order valence-electron chi connectivity index (χ4n) is 2.49. The van der Waals surface area contributed by atoms with Gasteiger partial charge in [0, 0.05) is 13.1 Å². The van der Waals surface area contributed by atoms with Crippen molar-refractivity contribution in [2.24, 2.45) is 0 Å². The molecule has 3 heterocycles. The first-order valence-electron chi connectivity index (χ1n) is 8.60. The summed E-state index contributed by atoms with van der Waals surface area (Å²) in [6, 6.07) is 0. The quantitative estimate of drug-likeness (QED) is 0.859. The Hall–Kier alpha value is -2.42. The summed E-state index contributed by atoms with van der Waals surface area (Å²) in [5.74, 6) is 1.26. The van der Waals surface area contributed by atoms with Crippen molar-refractivity contribution < 1.29 is 14.3 Å². The van der Waals surface area contributed by atoms with Gasteiger partial charge in [-0.05, 0) is 40.0 Å². The molecule has 0 aliphatic carbocycles. The summed E-state index contributed by atoms with van der Waals surface area (Å²) in [5.41, 5.74) is -0.561. The van der Waals surface area contributed by atoms with E-state index in [2.05, 4.69) is 25.2 Å².